The minimum atomic E-state index is -0.175. The number of aromatic nitrogens is 6. The molecule has 22 heteroatoms. The predicted molar refractivity (Wildman–Crippen MR) is 271 cm³/mol. The Hall–Kier alpha value is -8.77. The number of methoxy groups -OCH3 is 1. The maximum Gasteiger partial charge on any atom is 0.352 e. The zero-order valence-electron chi connectivity index (χ0n) is 34.2. The summed E-state index contributed by atoms with van der Waals surface area (Å²) >= 11 is 9.90. The number of terminal acetylenes is 2. The monoisotopic (exact) mass is 960 g/mol. The van der Waals surface area contributed by atoms with Gasteiger partial charge in [-0.05, 0) is 147 Å². The highest BCUT2D eigenvalue weighted by molar-refractivity contribution is 7.75. The van der Waals surface area contributed by atoms with Crippen LogP contribution in [0.1, 0.15) is 38.9 Å². The number of aryl methyl sites for hydroxylation is 1. The predicted octanol–water partition coefficient (Wildman–Crippen LogP) is 6.90. The summed E-state index contributed by atoms with van der Waals surface area (Å²) in [5.74, 6) is 49.0. The normalized spacial score (nSPS) is 10.2. The van der Waals surface area contributed by atoms with E-state index in [0.29, 0.717) is 17.5 Å². The second kappa shape index (κ2) is 28.8. The van der Waals surface area contributed by atoms with Gasteiger partial charge in [-0.3, -0.25) is 9.47 Å². The Morgan fingerprint density at radius 3 is 1.89 bits per heavy atom. The summed E-state index contributed by atoms with van der Waals surface area (Å²) in [6.07, 6.45) is 12.2. The molecule has 0 fully saturated rings. The van der Waals surface area contributed by atoms with E-state index in [0.717, 1.165) is 57.6 Å². The van der Waals surface area contributed by atoms with Crippen LogP contribution < -0.4 is 10.4 Å². The van der Waals surface area contributed by atoms with Gasteiger partial charge in [0.05, 0.1) is 25.6 Å². The van der Waals surface area contributed by atoms with Crippen LogP contribution in [0.5, 0.6) is 5.75 Å². The highest BCUT2D eigenvalue weighted by atomic mass is 32.1. The van der Waals surface area contributed by atoms with E-state index in [2.05, 4.69) is 204 Å². The number of fused-ring (bicyclic) bond motifs is 5. The van der Waals surface area contributed by atoms with Crippen molar-refractivity contribution in [3.05, 3.63) is 67.1 Å². The van der Waals surface area contributed by atoms with Gasteiger partial charge >= 0.3 is 5.69 Å². The SMILES string of the molecule is C#CC#CC#CC#CC#CC#CC#CC#CC#CC#CC#C.COc1ccc(Cn2c(=O)n3ncnc3c3c4c(sc32)CN(Cc2nnc(C)s2)CC4)cc1.N=N/N=N/N=N/N(OS)OS.[HH].[HH].[HH].[HH].[HH].[HH].[HH].[HH].[HH]. The Morgan fingerprint density at radius 1 is 0.818 bits per heavy atom. The molecule has 66 heavy (non-hydrogen) atoms. The highest BCUT2D eigenvalue weighted by Gasteiger charge is 2.26. The highest BCUT2D eigenvalue weighted by Crippen LogP contribution is 2.37. The van der Waals surface area contributed by atoms with Gasteiger partial charge in [-0.2, -0.15) is 23.7 Å². The average Bonchev–Trinajstić information content (AvgIpc) is 4.09. The van der Waals surface area contributed by atoms with E-state index in [1.54, 1.807) is 29.8 Å². The van der Waals surface area contributed by atoms with Gasteiger partial charge in [0.25, 0.3) is 0 Å². The fourth-order valence-electron chi connectivity index (χ4n) is 5.10. The number of benzene rings is 1. The largest absolute Gasteiger partial charge is 0.497 e. The van der Waals surface area contributed by atoms with Crippen molar-refractivity contribution in [3.63, 3.8) is 0 Å². The lowest BCUT2D eigenvalue weighted by Crippen LogP contribution is -2.29. The number of ether oxygens (including phenoxy) is 1. The molecule has 0 saturated carbocycles. The Bertz CT molecular complexity index is 3330. The third kappa shape index (κ3) is 16.2. The third-order valence-corrected chi connectivity index (χ3v) is 9.90. The van der Waals surface area contributed by atoms with E-state index in [-0.39, 0.29) is 18.5 Å². The van der Waals surface area contributed by atoms with Gasteiger partial charge < -0.3 is 4.74 Å². The van der Waals surface area contributed by atoms with E-state index in [1.807, 2.05) is 35.8 Å². The molecule has 0 spiro atoms. The molecule has 338 valence electrons. The van der Waals surface area contributed by atoms with Crippen molar-refractivity contribution >= 4 is 64.4 Å². The summed E-state index contributed by atoms with van der Waals surface area (Å²) in [5, 5.41) is 30.3. The van der Waals surface area contributed by atoms with Crippen LogP contribution in [0.25, 0.3) is 15.9 Å². The Labute approximate surface area is 411 Å². The molecule has 5 heterocycles. The quantitative estimate of drug-likeness (QED) is 0.0435. The van der Waals surface area contributed by atoms with Crippen molar-refractivity contribution in [2.24, 2.45) is 26.1 Å². The van der Waals surface area contributed by atoms with Crippen LogP contribution in [0.2, 0.25) is 0 Å². The van der Waals surface area contributed by atoms with E-state index < -0.39 is 0 Å². The van der Waals surface area contributed by atoms with Crippen LogP contribution in [-0.4, -0.2) is 53.3 Å². The number of thiol groups is 2. The maximum absolute atomic E-state index is 13.3. The summed E-state index contributed by atoms with van der Waals surface area (Å²) in [6, 6.07) is 7.81. The van der Waals surface area contributed by atoms with E-state index in [4.69, 9.17) is 23.1 Å². The molecule has 1 aliphatic rings. The summed E-state index contributed by atoms with van der Waals surface area (Å²) < 4.78 is 16.7. The van der Waals surface area contributed by atoms with Crippen LogP contribution in [-0.2, 0) is 34.6 Å². The van der Waals surface area contributed by atoms with Crippen molar-refractivity contribution in [2.45, 2.75) is 33.0 Å². The molecule has 0 aliphatic carbocycles. The standard InChI is InChI=1S/C22H21N7O2S2.C22H2.H3N7O2S2.9H2/c1-13-25-26-18(32-13)11-27-8-7-16-17(10-27)33-21-19(16)20-23-12-24-29(20)22(30)28(21)9-14-3-5-15(31-2)6-4-14;1-3-5-7-9-11-13-15-17-19-21-22-20-18-16-14-12-10-8-6-4-2;1-2-3-4-5-6-7(8-10)9-11;;;;;;;;;/h3-6,12H,7-11H2,1-2H3;1-2H;1,10-11H;9*1H/b;;2-1?,4-3+,6-5+;;;;;;;;;. The van der Waals surface area contributed by atoms with E-state index >= 15 is 0 Å². The van der Waals surface area contributed by atoms with Gasteiger partial charge in [-0.25, -0.2) is 9.78 Å². The molecule has 1 N–H and O–H groups in total. The topological polar surface area (TPSA) is 198 Å². The Morgan fingerprint density at radius 2 is 1.39 bits per heavy atom. The van der Waals surface area contributed by atoms with Crippen molar-refractivity contribution in [1.29, 1.82) is 5.53 Å². The zero-order valence-corrected chi connectivity index (χ0v) is 37.7. The van der Waals surface area contributed by atoms with E-state index in [1.165, 1.54) is 21.3 Å². The fraction of sp³-hybridized carbons (Fsp3) is 0.159. The first-order chi connectivity index (χ1) is 32.4. The van der Waals surface area contributed by atoms with E-state index in [9.17, 15) is 4.79 Å². The van der Waals surface area contributed by atoms with Gasteiger partial charge in [0.2, 0.25) is 0 Å². The molecule has 18 nitrogen and oxygen atoms in total. The van der Waals surface area contributed by atoms with Gasteiger partial charge in [0.1, 0.15) is 26.9 Å². The molecule has 0 radical (unpaired) electrons. The summed E-state index contributed by atoms with van der Waals surface area (Å²) in [6.45, 7) is 4.98. The molecule has 5 aromatic rings. The second-order valence-corrected chi connectivity index (χ2v) is 14.1. The lowest BCUT2D eigenvalue weighted by atomic mass is 10.1. The summed E-state index contributed by atoms with van der Waals surface area (Å²) in [7, 11) is 1.65. The molecule has 4 aromatic heterocycles. The molecule has 0 atom stereocenters. The van der Waals surface area contributed by atoms with Crippen LogP contribution in [0.15, 0.2) is 61.5 Å². The number of nitrogens with one attached hydrogen (secondary N) is 1. The molecular weight excluding hydrogens is 917 g/mol. The lowest BCUT2D eigenvalue weighted by molar-refractivity contribution is -0.239. The van der Waals surface area contributed by atoms with Crippen LogP contribution in [0.4, 0.5) is 0 Å². The average molecular weight is 961 g/mol. The van der Waals surface area contributed by atoms with Crippen molar-refractivity contribution < 1.29 is 26.1 Å². The number of hydrogen-bond acceptors (Lipinski definition) is 15. The van der Waals surface area contributed by atoms with Crippen LogP contribution in [0.3, 0.4) is 0 Å². The first-order valence-corrected chi connectivity index (χ1v) is 20.3. The number of hydrogen-bond donors (Lipinski definition) is 3. The van der Waals surface area contributed by atoms with Crippen molar-refractivity contribution in [3.8, 4) is 137 Å². The minimum absolute atomic E-state index is 0. The van der Waals surface area contributed by atoms with Crippen molar-refractivity contribution in [2.75, 3.05) is 13.7 Å². The smallest absolute Gasteiger partial charge is 0.352 e. The first kappa shape index (κ1) is 49.9. The summed E-state index contributed by atoms with van der Waals surface area (Å²) in [5.41, 5.74) is 8.91. The molecule has 1 aliphatic heterocycles. The minimum Gasteiger partial charge on any atom is -0.497 e. The van der Waals surface area contributed by atoms with Crippen molar-refractivity contribution in [1.82, 2.24) is 39.6 Å². The number of thiophene rings is 1. The lowest BCUT2D eigenvalue weighted by Gasteiger charge is -2.25. The molecule has 0 bridgehead atoms. The molecular formula is C44H44N14O4S4. The van der Waals surface area contributed by atoms with Gasteiger partial charge in [0, 0.05) is 96.1 Å². The summed E-state index contributed by atoms with van der Waals surface area (Å²) in [4.78, 5) is 22.4. The fourth-order valence-corrected chi connectivity index (χ4v) is 7.42. The number of rotatable bonds is 10. The van der Waals surface area contributed by atoms with Crippen LogP contribution in [0, 0.1) is 144 Å². The molecule has 0 amide bonds. The van der Waals surface area contributed by atoms with Gasteiger partial charge in [-0.15, -0.1) is 45.7 Å². The third-order valence-electron chi connectivity index (χ3n) is 7.56. The molecule has 0 saturated heterocycles. The molecule has 0 unspecified atom stereocenters. The zero-order chi connectivity index (χ0) is 47.2. The van der Waals surface area contributed by atoms with Crippen LogP contribution >= 0.6 is 48.5 Å². The second-order valence-electron chi connectivity index (χ2n) is 11.5. The first-order valence-electron chi connectivity index (χ1n) is 17.9. The number of nitrogens with zero attached hydrogens (tertiary/aromatic N) is 13. The molecule has 6 rings (SSSR count). The maximum atomic E-state index is 13.3. The van der Waals surface area contributed by atoms with Gasteiger partial charge in [-0.1, -0.05) is 12.1 Å². The van der Waals surface area contributed by atoms with Gasteiger partial charge in [0.15, 0.2) is 5.65 Å². The Kier molecular flexibility index (Phi) is 21.7. The Balaban J connectivity index is -0.000000251. The molecule has 1 aromatic carbocycles.